The molecule has 1 atom stereocenters. The maximum Gasteiger partial charge on any atom is 0.0510 e. The maximum absolute atomic E-state index is 3.57. The van der Waals surface area contributed by atoms with Gasteiger partial charge in [0.25, 0.3) is 0 Å². The molecule has 0 radical (unpaired) electrons. The summed E-state index contributed by atoms with van der Waals surface area (Å²) in [5, 5.41) is 3.57. The van der Waals surface area contributed by atoms with Crippen LogP contribution in [0.5, 0.6) is 0 Å². The second kappa shape index (κ2) is 7.48. The number of benzene rings is 1. The monoisotopic (exact) mass is 355 g/mol. The molecule has 1 N–H and O–H groups in total. The van der Waals surface area contributed by atoms with Crippen LogP contribution in [0.4, 0.5) is 0 Å². The van der Waals surface area contributed by atoms with Gasteiger partial charge in [-0.15, -0.1) is 23.1 Å². The molecule has 0 bridgehead atoms. The van der Waals surface area contributed by atoms with E-state index in [1.165, 1.54) is 14.6 Å². The Hall–Kier alpha value is -0.290. The van der Waals surface area contributed by atoms with Gasteiger partial charge in [0.05, 0.1) is 6.04 Å². The van der Waals surface area contributed by atoms with Crippen LogP contribution in [0, 0.1) is 6.92 Å². The molecule has 0 aliphatic heterocycles. The molecule has 4 heteroatoms. The molecule has 2 rings (SSSR count). The van der Waals surface area contributed by atoms with E-state index in [-0.39, 0.29) is 0 Å². The average molecular weight is 356 g/mol. The minimum atomic E-state index is 0.438. The van der Waals surface area contributed by atoms with Crippen molar-refractivity contribution in [1.29, 1.82) is 0 Å². The topological polar surface area (TPSA) is 12.0 Å². The molecule has 0 saturated carbocycles. The standard InChI is InChI=1S/C15H18BrNS2/c1-3-17-14(15-8-7-11(2)19-15)10-18-13-6-4-5-12(16)9-13/h4-9,14,17H,3,10H2,1-2H3. The molecular formula is C15H18BrNS2. The summed E-state index contributed by atoms with van der Waals surface area (Å²) in [6.07, 6.45) is 0. The second-order valence-corrected chi connectivity index (χ2v) is 7.66. The highest BCUT2D eigenvalue weighted by Gasteiger charge is 2.12. The van der Waals surface area contributed by atoms with E-state index >= 15 is 0 Å². The quantitative estimate of drug-likeness (QED) is 0.709. The molecule has 1 nitrogen and oxygen atoms in total. The highest BCUT2D eigenvalue weighted by molar-refractivity contribution is 9.10. The summed E-state index contributed by atoms with van der Waals surface area (Å²) in [6.45, 7) is 5.33. The average Bonchev–Trinajstić information content (AvgIpc) is 2.81. The first-order chi connectivity index (χ1) is 9.19. The number of rotatable bonds is 6. The lowest BCUT2D eigenvalue weighted by molar-refractivity contribution is 0.615. The Morgan fingerprint density at radius 1 is 1.32 bits per heavy atom. The third kappa shape index (κ3) is 4.63. The lowest BCUT2D eigenvalue weighted by Gasteiger charge is -2.16. The first-order valence-electron chi connectivity index (χ1n) is 6.37. The van der Waals surface area contributed by atoms with Gasteiger partial charge in [0.1, 0.15) is 0 Å². The van der Waals surface area contributed by atoms with Crippen LogP contribution in [0.3, 0.4) is 0 Å². The molecule has 0 saturated heterocycles. The van der Waals surface area contributed by atoms with E-state index in [1.54, 1.807) is 0 Å². The van der Waals surface area contributed by atoms with E-state index in [1.807, 2.05) is 23.1 Å². The molecule has 0 aliphatic carbocycles. The van der Waals surface area contributed by atoms with Crippen molar-refractivity contribution in [1.82, 2.24) is 5.32 Å². The summed E-state index contributed by atoms with van der Waals surface area (Å²) in [4.78, 5) is 4.12. The van der Waals surface area contributed by atoms with Gasteiger partial charge >= 0.3 is 0 Å². The van der Waals surface area contributed by atoms with Crippen molar-refractivity contribution >= 4 is 39.0 Å². The van der Waals surface area contributed by atoms with Crippen LogP contribution < -0.4 is 5.32 Å². The third-order valence-electron chi connectivity index (χ3n) is 2.77. The zero-order valence-corrected chi connectivity index (χ0v) is 14.4. The fraction of sp³-hybridized carbons (Fsp3) is 0.333. The zero-order valence-electron chi connectivity index (χ0n) is 11.2. The van der Waals surface area contributed by atoms with Gasteiger partial charge in [0.2, 0.25) is 0 Å². The minimum Gasteiger partial charge on any atom is -0.309 e. The Bertz CT molecular complexity index is 524. The van der Waals surface area contributed by atoms with Gasteiger partial charge in [-0.05, 0) is 43.8 Å². The van der Waals surface area contributed by atoms with Crippen LogP contribution in [0.1, 0.15) is 22.7 Å². The Balaban J connectivity index is 2.01. The molecule has 1 aromatic carbocycles. The molecule has 1 aromatic heterocycles. The number of aryl methyl sites for hydroxylation is 1. The van der Waals surface area contributed by atoms with Crippen LogP contribution in [0.15, 0.2) is 45.8 Å². The summed E-state index contributed by atoms with van der Waals surface area (Å²) >= 11 is 7.31. The molecule has 0 aliphatic rings. The van der Waals surface area contributed by atoms with E-state index in [4.69, 9.17) is 0 Å². The van der Waals surface area contributed by atoms with Crippen molar-refractivity contribution in [2.45, 2.75) is 24.8 Å². The lowest BCUT2D eigenvalue weighted by atomic mass is 10.2. The molecular weight excluding hydrogens is 338 g/mol. The van der Waals surface area contributed by atoms with Gasteiger partial charge in [-0.2, -0.15) is 0 Å². The van der Waals surface area contributed by atoms with Crippen molar-refractivity contribution in [3.63, 3.8) is 0 Å². The van der Waals surface area contributed by atoms with Crippen molar-refractivity contribution in [2.24, 2.45) is 0 Å². The summed E-state index contributed by atoms with van der Waals surface area (Å²) in [6, 6.07) is 13.4. The van der Waals surface area contributed by atoms with Gasteiger partial charge in [0, 0.05) is 24.9 Å². The van der Waals surface area contributed by atoms with Crippen molar-refractivity contribution in [3.05, 3.63) is 50.6 Å². The van der Waals surface area contributed by atoms with Crippen LogP contribution in [-0.4, -0.2) is 12.3 Å². The summed E-state index contributed by atoms with van der Waals surface area (Å²) in [7, 11) is 0. The number of nitrogens with one attached hydrogen (secondary N) is 1. The first kappa shape index (κ1) is 15.1. The fourth-order valence-electron chi connectivity index (χ4n) is 1.87. The second-order valence-electron chi connectivity index (χ2n) is 4.33. The van der Waals surface area contributed by atoms with Gasteiger partial charge in [-0.3, -0.25) is 0 Å². The number of thioether (sulfide) groups is 1. The smallest absolute Gasteiger partial charge is 0.0510 e. The Kier molecular flexibility index (Phi) is 5.95. The highest BCUT2D eigenvalue weighted by Crippen LogP contribution is 2.29. The first-order valence-corrected chi connectivity index (χ1v) is 8.96. The third-order valence-corrected chi connectivity index (χ3v) is 5.46. The van der Waals surface area contributed by atoms with Gasteiger partial charge in [-0.1, -0.05) is 28.9 Å². The number of hydrogen-bond donors (Lipinski definition) is 1. The van der Waals surface area contributed by atoms with Crippen molar-refractivity contribution < 1.29 is 0 Å². The van der Waals surface area contributed by atoms with Crippen molar-refractivity contribution in [3.8, 4) is 0 Å². The Morgan fingerprint density at radius 2 is 2.16 bits per heavy atom. The molecule has 1 heterocycles. The number of halogens is 1. The fourth-order valence-corrected chi connectivity index (χ4v) is 4.52. The van der Waals surface area contributed by atoms with Crippen LogP contribution in [-0.2, 0) is 0 Å². The van der Waals surface area contributed by atoms with E-state index in [2.05, 4.69) is 71.5 Å². The largest absolute Gasteiger partial charge is 0.309 e. The molecule has 19 heavy (non-hydrogen) atoms. The predicted octanol–water partition coefficient (Wildman–Crippen LogP) is 5.26. The highest BCUT2D eigenvalue weighted by atomic mass is 79.9. The summed E-state index contributed by atoms with van der Waals surface area (Å²) in [5.74, 6) is 1.06. The summed E-state index contributed by atoms with van der Waals surface area (Å²) < 4.78 is 1.14. The van der Waals surface area contributed by atoms with Gasteiger partial charge in [-0.25, -0.2) is 0 Å². The minimum absolute atomic E-state index is 0.438. The van der Waals surface area contributed by atoms with Gasteiger partial charge < -0.3 is 5.32 Å². The Morgan fingerprint density at radius 3 is 2.79 bits per heavy atom. The van der Waals surface area contributed by atoms with E-state index in [9.17, 15) is 0 Å². The predicted molar refractivity (Wildman–Crippen MR) is 90.3 cm³/mol. The molecule has 0 fully saturated rings. The molecule has 0 spiro atoms. The SMILES string of the molecule is CCNC(CSc1cccc(Br)c1)c1ccc(C)s1. The maximum atomic E-state index is 3.57. The van der Waals surface area contributed by atoms with E-state index < -0.39 is 0 Å². The zero-order chi connectivity index (χ0) is 13.7. The molecule has 102 valence electrons. The normalized spacial score (nSPS) is 12.6. The van der Waals surface area contributed by atoms with Crippen LogP contribution in [0.25, 0.3) is 0 Å². The van der Waals surface area contributed by atoms with E-state index in [0.717, 1.165) is 16.8 Å². The molecule has 0 amide bonds. The van der Waals surface area contributed by atoms with Crippen LogP contribution in [0.2, 0.25) is 0 Å². The van der Waals surface area contributed by atoms with E-state index in [0.29, 0.717) is 6.04 Å². The number of hydrogen-bond acceptors (Lipinski definition) is 3. The molecule has 2 aromatic rings. The molecule has 1 unspecified atom stereocenters. The van der Waals surface area contributed by atoms with Crippen LogP contribution >= 0.6 is 39.0 Å². The van der Waals surface area contributed by atoms with Gasteiger partial charge in [0.15, 0.2) is 0 Å². The van der Waals surface area contributed by atoms with Crippen molar-refractivity contribution in [2.75, 3.05) is 12.3 Å². The summed E-state index contributed by atoms with van der Waals surface area (Å²) in [5.41, 5.74) is 0. The number of thiophene rings is 1. The Labute approximate surface area is 131 Å². The lowest BCUT2D eigenvalue weighted by Crippen LogP contribution is -2.21.